The van der Waals surface area contributed by atoms with Gasteiger partial charge in [0, 0.05) is 27.4 Å². The van der Waals surface area contributed by atoms with E-state index in [9.17, 15) is 0 Å². The van der Waals surface area contributed by atoms with Crippen LogP contribution in [0, 0.1) is 3.57 Å². The second kappa shape index (κ2) is 4.98. The van der Waals surface area contributed by atoms with Crippen LogP contribution in [-0.2, 0) is 0 Å². The highest BCUT2D eigenvalue weighted by Gasteiger charge is 2.12. The van der Waals surface area contributed by atoms with Crippen molar-refractivity contribution in [1.29, 1.82) is 0 Å². The summed E-state index contributed by atoms with van der Waals surface area (Å²) in [5, 5.41) is 5.04. The summed E-state index contributed by atoms with van der Waals surface area (Å²) < 4.78 is 1.16. The molecule has 17 heavy (non-hydrogen) atoms. The molecule has 0 aliphatic carbocycles. The normalized spacial score (nSPS) is 11.2. The minimum Gasteiger partial charge on any atom is -0.387 e. The molecule has 1 aromatic carbocycles. The first-order chi connectivity index (χ1) is 8.04. The van der Waals surface area contributed by atoms with Gasteiger partial charge in [-0.15, -0.1) is 0 Å². The van der Waals surface area contributed by atoms with Crippen LogP contribution >= 0.6 is 34.2 Å². The van der Waals surface area contributed by atoms with Crippen molar-refractivity contribution in [3.63, 3.8) is 0 Å². The van der Waals surface area contributed by atoms with Crippen LogP contribution < -0.4 is 5.32 Å². The van der Waals surface area contributed by atoms with E-state index in [2.05, 4.69) is 52.8 Å². The Labute approximate surface area is 120 Å². The number of nitrogens with zero attached hydrogens (tertiary/aromatic N) is 1. The monoisotopic (exact) mass is 360 g/mol. The number of aromatic nitrogens is 1. The Morgan fingerprint density at radius 3 is 2.65 bits per heavy atom. The highest BCUT2D eigenvalue weighted by Crippen LogP contribution is 2.33. The Kier molecular flexibility index (Phi) is 3.78. The molecular formula is C13H14ClIN2. The molecule has 4 heteroatoms. The summed E-state index contributed by atoms with van der Waals surface area (Å²) in [7, 11) is 1.93. The third-order valence-corrected chi connectivity index (χ3v) is 3.95. The van der Waals surface area contributed by atoms with Gasteiger partial charge in [0.05, 0.1) is 10.5 Å². The van der Waals surface area contributed by atoms with Gasteiger partial charge >= 0.3 is 0 Å². The van der Waals surface area contributed by atoms with Crippen LogP contribution in [0.1, 0.15) is 25.5 Å². The average molecular weight is 361 g/mol. The lowest BCUT2D eigenvalue weighted by Gasteiger charge is -2.13. The molecule has 90 valence electrons. The number of hydrogen-bond donors (Lipinski definition) is 1. The highest BCUT2D eigenvalue weighted by atomic mass is 127. The van der Waals surface area contributed by atoms with Crippen LogP contribution in [0.5, 0.6) is 0 Å². The number of rotatable bonds is 2. The van der Waals surface area contributed by atoms with Crippen LogP contribution in [0.25, 0.3) is 10.9 Å². The third kappa shape index (κ3) is 2.36. The largest absolute Gasteiger partial charge is 0.387 e. The summed E-state index contributed by atoms with van der Waals surface area (Å²) in [6.45, 7) is 4.27. The molecular weight excluding hydrogens is 347 g/mol. The first kappa shape index (κ1) is 12.9. The van der Waals surface area contributed by atoms with Gasteiger partial charge in [-0.3, -0.25) is 4.98 Å². The van der Waals surface area contributed by atoms with Gasteiger partial charge in [-0.25, -0.2) is 0 Å². The van der Waals surface area contributed by atoms with Gasteiger partial charge in [-0.2, -0.15) is 0 Å². The quantitative estimate of drug-likeness (QED) is 0.788. The molecule has 0 aliphatic rings. The predicted molar refractivity (Wildman–Crippen MR) is 83.1 cm³/mol. The highest BCUT2D eigenvalue weighted by molar-refractivity contribution is 14.1. The van der Waals surface area contributed by atoms with Crippen LogP contribution in [0.2, 0.25) is 5.02 Å². The number of hydrogen-bond acceptors (Lipinski definition) is 2. The fourth-order valence-electron chi connectivity index (χ4n) is 1.78. The topological polar surface area (TPSA) is 24.9 Å². The van der Waals surface area contributed by atoms with Crippen molar-refractivity contribution < 1.29 is 0 Å². The van der Waals surface area contributed by atoms with Gasteiger partial charge in [0.2, 0.25) is 0 Å². The fourth-order valence-corrected chi connectivity index (χ4v) is 2.71. The molecule has 2 aromatic rings. The van der Waals surface area contributed by atoms with Gasteiger partial charge in [-0.05, 0) is 46.7 Å². The first-order valence-corrected chi connectivity index (χ1v) is 6.96. The van der Waals surface area contributed by atoms with Crippen LogP contribution in [-0.4, -0.2) is 12.0 Å². The molecule has 2 nitrogen and oxygen atoms in total. The molecule has 0 spiro atoms. The molecule has 1 aromatic heterocycles. The van der Waals surface area contributed by atoms with Gasteiger partial charge in [0.1, 0.15) is 0 Å². The fraction of sp³-hybridized carbons (Fsp3) is 0.308. The molecule has 0 atom stereocenters. The van der Waals surface area contributed by atoms with Gasteiger partial charge in [0.25, 0.3) is 0 Å². The SMILES string of the molecule is CNc1cc(C(C)C)nc2c(Cl)ccc(I)c12. The average Bonchev–Trinajstić information content (AvgIpc) is 2.32. The number of nitrogens with one attached hydrogen (secondary N) is 1. The van der Waals surface area contributed by atoms with Gasteiger partial charge in [0.15, 0.2) is 0 Å². The molecule has 2 rings (SSSR count). The van der Waals surface area contributed by atoms with E-state index in [1.54, 1.807) is 0 Å². The maximum absolute atomic E-state index is 6.24. The van der Waals surface area contributed by atoms with Crippen LogP contribution in [0.4, 0.5) is 5.69 Å². The molecule has 1 heterocycles. The second-order valence-corrected chi connectivity index (χ2v) is 5.82. The van der Waals surface area contributed by atoms with Crippen molar-refractivity contribution in [3.8, 4) is 0 Å². The number of fused-ring (bicyclic) bond motifs is 1. The molecule has 0 aliphatic heterocycles. The Morgan fingerprint density at radius 1 is 1.35 bits per heavy atom. The zero-order valence-electron chi connectivity index (χ0n) is 10.0. The van der Waals surface area contributed by atoms with Crippen LogP contribution in [0.15, 0.2) is 18.2 Å². The summed E-state index contributed by atoms with van der Waals surface area (Å²) in [5.74, 6) is 0.389. The Balaban J connectivity index is 2.87. The molecule has 0 bridgehead atoms. The molecule has 0 saturated carbocycles. The van der Waals surface area contributed by atoms with Crippen molar-refractivity contribution >= 4 is 50.8 Å². The molecule has 0 saturated heterocycles. The summed E-state index contributed by atoms with van der Waals surface area (Å²) in [6, 6.07) is 6.02. The van der Waals surface area contributed by atoms with E-state index in [1.807, 2.05) is 19.2 Å². The van der Waals surface area contributed by atoms with E-state index >= 15 is 0 Å². The lowest BCUT2D eigenvalue weighted by Crippen LogP contribution is -1.99. The second-order valence-electron chi connectivity index (χ2n) is 4.25. The Hall–Kier alpha value is -0.550. The van der Waals surface area contributed by atoms with E-state index in [4.69, 9.17) is 11.6 Å². The van der Waals surface area contributed by atoms with Crippen molar-refractivity contribution in [2.24, 2.45) is 0 Å². The minimum atomic E-state index is 0.389. The molecule has 0 unspecified atom stereocenters. The van der Waals surface area contributed by atoms with Crippen molar-refractivity contribution in [1.82, 2.24) is 4.98 Å². The van der Waals surface area contributed by atoms with Gasteiger partial charge in [-0.1, -0.05) is 25.4 Å². The minimum absolute atomic E-state index is 0.389. The smallest absolute Gasteiger partial charge is 0.0923 e. The number of pyridine rings is 1. The first-order valence-electron chi connectivity index (χ1n) is 5.51. The van der Waals surface area contributed by atoms with Crippen molar-refractivity contribution in [3.05, 3.63) is 32.5 Å². The molecule has 0 radical (unpaired) electrons. The number of benzene rings is 1. The van der Waals surface area contributed by atoms with E-state index in [0.29, 0.717) is 10.9 Å². The maximum atomic E-state index is 6.24. The standard InChI is InChI=1S/C13H14ClIN2/c1-7(2)10-6-11(16-3)12-9(15)5-4-8(14)13(12)17-10/h4-7H,1-3H3,(H,16,17). The summed E-state index contributed by atoms with van der Waals surface area (Å²) in [5.41, 5.74) is 3.03. The van der Waals surface area contributed by atoms with Gasteiger partial charge < -0.3 is 5.32 Å². The lowest BCUT2D eigenvalue weighted by molar-refractivity contribution is 0.830. The van der Waals surface area contributed by atoms with Crippen LogP contribution in [0.3, 0.4) is 0 Å². The zero-order valence-corrected chi connectivity index (χ0v) is 12.9. The maximum Gasteiger partial charge on any atom is 0.0923 e. The lowest BCUT2D eigenvalue weighted by atomic mass is 10.1. The number of anilines is 1. The summed E-state index contributed by atoms with van der Waals surface area (Å²) >= 11 is 8.56. The zero-order chi connectivity index (χ0) is 12.6. The van der Waals surface area contributed by atoms with Crippen molar-refractivity contribution in [2.45, 2.75) is 19.8 Å². The predicted octanol–water partition coefficient (Wildman–Crippen LogP) is 4.66. The summed E-state index contributed by atoms with van der Waals surface area (Å²) in [6.07, 6.45) is 0. The van der Waals surface area contributed by atoms with E-state index in [-0.39, 0.29) is 0 Å². The molecule has 0 amide bonds. The Bertz CT molecular complexity index is 567. The molecule has 1 N–H and O–H groups in total. The summed E-state index contributed by atoms with van der Waals surface area (Å²) in [4.78, 5) is 4.67. The number of halogens is 2. The van der Waals surface area contributed by atoms with E-state index in [0.717, 1.165) is 25.9 Å². The van der Waals surface area contributed by atoms with Crippen molar-refractivity contribution in [2.75, 3.05) is 12.4 Å². The molecule has 0 fully saturated rings. The van der Waals surface area contributed by atoms with E-state index < -0.39 is 0 Å². The van der Waals surface area contributed by atoms with E-state index in [1.165, 1.54) is 0 Å². The third-order valence-electron chi connectivity index (χ3n) is 2.74. The Morgan fingerprint density at radius 2 is 2.06 bits per heavy atom.